The molecule has 4 N–H and O–H groups in total. The molecule has 0 bridgehead atoms. The summed E-state index contributed by atoms with van der Waals surface area (Å²) in [6.45, 7) is 0.581. The lowest BCUT2D eigenvalue weighted by atomic mass is 10.0. The standard InChI is InChI=1S/C23H27N3O3/c1-29-19-10-11-21-17(14-19)15-22(26-21)23(28)25-12-6-2-3-8-18(27)13-16-7-4-5-9-20(16)24/h4-5,7,9-11,14-15,26H,2-3,6,8,12-13,24H2,1H3,(H,25,28). The number of fused-ring (bicyclic) bond motifs is 1. The molecule has 3 rings (SSSR count). The lowest BCUT2D eigenvalue weighted by molar-refractivity contribution is -0.118. The smallest absolute Gasteiger partial charge is 0.267 e. The number of ketones is 1. The number of methoxy groups -OCH3 is 1. The van der Waals surface area contributed by atoms with Crippen LogP contribution in [0, 0.1) is 0 Å². The Balaban J connectivity index is 1.35. The van der Waals surface area contributed by atoms with Gasteiger partial charge in [0.25, 0.3) is 5.91 Å². The highest BCUT2D eigenvalue weighted by Gasteiger charge is 2.10. The third kappa shape index (κ3) is 5.60. The Morgan fingerprint density at radius 1 is 1.07 bits per heavy atom. The highest BCUT2D eigenvalue weighted by atomic mass is 16.5. The largest absolute Gasteiger partial charge is 0.497 e. The second kappa shape index (κ2) is 9.78. The first-order chi connectivity index (χ1) is 14.1. The van der Waals surface area contributed by atoms with Crippen LogP contribution in [0.1, 0.15) is 41.7 Å². The Labute approximate surface area is 170 Å². The van der Waals surface area contributed by atoms with Crippen LogP contribution in [0.2, 0.25) is 0 Å². The van der Waals surface area contributed by atoms with E-state index in [-0.39, 0.29) is 11.7 Å². The summed E-state index contributed by atoms with van der Waals surface area (Å²) in [6.07, 6.45) is 3.45. The van der Waals surface area contributed by atoms with Gasteiger partial charge in [0.1, 0.15) is 17.2 Å². The summed E-state index contributed by atoms with van der Waals surface area (Å²) < 4.78 is 5.21. The van der Waals surface area contributed by atoms with E-state index in [1.54, 1.807) is 7.11 Å². The molecule has 2 aromatic carbocycles. The second-order valence-corrected chi connectivity index (χ2v) is 7.12. The number of rotatable bonds is 10. The minimum atomic E-state index is -0.129. The number of nitrogens with two attached hydrogens (primary N) is 1. The summed E-state index contributed by atoms with van der Waals surface area (Å²) in [6, 6.07) is 14.9. The highest BCUT2D eigenvalue weighted by molar-refractivity contribution is 5.98. The van der Waals surface area contributed by atoms with Crippen LogP contribution in [0.5, 0.6) is 5.75 Å². The van der Waals surface area contributed by atoms with Crippen LogP contribution in [-0.2, 0) is 11.2 Å². The molecular formula is C23H27N3O3. The Hall–Kier alpha value is -3.28. The van der Waals surface area contributed by atoms with E-state index >= 15 is 0 Å². The van der Waals surface area contributed by atoms with Crippen molar-refractivity contribution in [2.24, 2.45) is 0 Å². The molecule has 0 aliphatic carbocycles. The van der Waals surface area contributed by atoms with Crippen molar-refractivity contribution >= 4 is 28.3 Å². The van der Waals surface area contributed by atoms with Gasteiger partial charge in [-0.3, -0.25) is 9.59 Å². The molecule has 0 saturated heterocycles. The number of carbonyl (C=O) groups excluding carboxylic acids is 2. The monoisotopic (exact) mass is 393 g/mol. The van der Waals surface area contributed by atoms with Crippen molar-refractivity contribution in [3.05, 3.63) is 59.8 Å². The predicted molar refractivity (Wildman–Crippen MR) is 115 cm³/mol. The van der Waals surface area contributed by atoms with Crippen LogP contribution in [0.4, 0.5) is 5.69 Å². The molecule has 29 heavy (non-hydrogen) atoms. The maximum absolute atomic E-state index is 12.3. The number of anilines is 1. The van der Waals surface area contributed by atoms with Gasteiger partial charge in [-0.1, -0.05) is 24.6 Å². The molecule has 0 saturated carbocycles. The summed E-state index contributed by atoms with van der Waals surface area (Å²) in [7, 11) is 1.62. The van der Waals surface area contributed by atoms with E-state index in [1.165, 1.54) is 0 Å². The van der Waals surface area contributed by atoms with E-state index in [1.807, 2.05) is 48.5 Å². The molecule has 0 radical (unpaired) electrons. The zero-order chi connectivity index (χ0) is 20.6. The second-order valence-electron chi connectivity index (χ2n) is 7.12. The summed E-state index contributed by atoms with van der Waals surface area (Å²) >= 11 is 0. The van der Waals surface area contributed by atoms with Crippen LogP contribution in [-0.4, -0.2) is 30.3 Å². The summed E-state index contributed by atoms with van der Waals surface area (Å²) in [5, 5.41) is 3.86. The fourth-order valence-electron chi connectivity index (χ4n) is 3.28. The maximum Gasteiger partial charge on any atom is 0.267 e. The van der Waals surface area contributed by atoms with E-state index in [9.17, 15) is 9.59 Å². The first-order valence-corrected chi connectivity index (χ1v) is 9.87. The van der Waals surface area contributed by atoms with Crippen molar-refractivity contribution in [3.63, 3.8) is 0 Å². The number of amides is 1. The van der Waals surface area contributed by atoms with Crippen LogP contribution >= 0.6 is 0 Å². The molecule has 0 fully saturated rings. The number of unbranched alkanes of at least 4 members (excludes halogenated alkanes) is 2. The van der Waals surface area contributed by atoms with Gasteiger partial charge in [0.05, 0.1) is 7.11 Å². The average molecular weight is 393 g/mol. The van der Waals surface area contributed by atoms with Crippen LogP contribution in [0.25, 0.3) is 10.9 Å². The summed E-state index contributed by atoms with van der Waals surface area (Å²) in [4.78, 5) is 27.5. The van der Waals surface area contributed by atoms with Crippen molar-refractivity contribution in [3.8, 4) is 5.75 Å². The Bertz CT molecular complexity index is 994. The minimum Gasteiger partial charge on any atom is -0.497 e. The van der Waals surface area contributed by atoms with Crippen LogP contribution in [0.3, 0.4) is 0 Å². The van der Waals surface area contributed by atoms with Gasteiger partial charge in [-0.2, -0.15) is 0 Å². The van der Waals surface area contributed by atoms with Gasteiger partial charge in [-0.25, -0.2) is 0 Å². The zero-order valence-corrected chi connectivity index (χ0v) is 16.7. The third-order valence-electron chi connectivity index (χ3n) is 4.93. The molecule has 0 atom stereocenters. The van der Waals surface area contributed by atoms with Gasteiger partial charge in [0.15, 0.2) is 0 Å². The number of ether oxygens (including phenoxy) is 1. The van der Waals surface area contributed by atoms with Gasteiger partial charge in [-0.05, 0) is 48.7 Å². The molecule has 0 aliphatic rings. The van der Waals surface area contributed by atoms with Crippen molar-refractivity contribution < 1.29 is 14.3 Å². The van der Waals surface area contributed by atoms with E-state index in [0.29, 0.717) is 30.8 Å². The molecule has 1 amide bonds. The fourth-order valence-corrected chi connectivity index (χ4v) is 3.28. The molecule has 0 aliphatic heterocycles. The molecule has 3 aromatic rings. The number of benzene rings is 2. The summed E-state index contributed by atoms with van der Waals surface area (Å²) in [5.74, 6) is 0.823. The zero-order valence-electron chi connectivity index (χ0n) is 16.7. The third-order valence-corrected chi connectivity index (χ3v) is 4.93. The lowest BCUT2D eigenvalue weighted by Crippen LogP contribution is -2.24. The number of nitrogen functional groups attached to an aromatic ring is 1. The molecule has 1 heterocycles. The van der Waals surface area contributed by atoms with E-state index < -0.39 is 0 Å². The molecule has 6 nitrogen and oxygen atoms in total. The quantitative estimate of drug-likeness (QED) is 0.360. The van der Waals surface area contributed by atoms with Gasteiger partial charge in [0.2, 0.25) is 0 Å². The number of para-hydroxylation sites is 1. The number of carbonyl (C=O) groups is 2. The van der Waals surface area contributed by atoms with Gasteiger partial charge < -0.3 is 20.8 Å². The Morgan fingerprint density at radius 3 is 2.69 bits per heavy atom. The Morgan fingerprint density at radius 2 is 1.90 bits per heavy atom. The first-order valence-electron chi connectivity index (χ1n) is 9.87. The van der Waals surface area contributed by atoms with E-state index in [0.717, 1.165) is 41.5 Å². The van der Waals surface area contributed by atoms with E-state index in [4.69, 9.17) is 10.5 Å². The van der Waals surface area contributed by atoms with Crippen molar-refractivity contribution in [1.82, 2.24) is 10.3 Å². The Kier molecular flexibility index (Phi) is 6.89. The number of H-pyrrole nitrogens is 1. The number of aromatic amines is 1. The number of Topliss-reactive ketones (excluding diaryl/α,β-unsaturated/α-hetero) is 1. The lowest BCUT2D eigenvalue weighted by Gasteiger charge is -2.05. The maximum atomic E-state index is 12.3. The van der Waals surface area contributed by atoms with Crippen LogP contribution < -0.4 is 15.8 Å². The molecule has 1 aromatic heterocycles. The molecule has 0 spiro atoms. The molecular weight excluding hydrogens is 366 g/mol. The van der Waals surface area contributed by atoms with Crippen molar-refractivity contribution in [2.75, 3.05) is 19.4 Å². The first kappa shape index (κ1) is 20.5. The van der Waals surface area contributed by atoms with Crippen molar-refractivity contribution in [2.45, 2.75) is 32.1 Å². The van der Waals surface area contributed by atoms with Crippen molar-refractivity contribution in [1.29, 1.82) is 0 Å². The highest BCUT2D eigenvalue weighted by Crippen LogP contribution is 2.21. The van der Waals surface area contributed by atoms with Gasteiger partial charge in [-0.15, -0.1) is 0 Å². The van der Waals surface area contributed by atoms with Gasteiger partial charge >= 0.3 is 0 Å². The SMILES string of the molecule is COc1ccc2[nH]c(C(=O)NCCCCCC(=O)Cc3ccccc3N)cc2c1. The van der Waals surface area contributed by atoms with E-state index in [2.05, 4.69) is 10.3 Å². The summed E-state index contributed by atoms with van der Waals surface area (Å²) in [5.41, 5.74) is 8.86. The molecule has 6 heteroatoms. The van der Waals surface area contributed by atoms with Gasteiger partial charge in [0, 0.05) is 36.0 Å². The number of nitrogens with one attached hydrogen (secondary N) is 2. The average Bonchev–Trinajstić information content (AvgIpc) is 3.15. The molecule has 152 valence electrons. The fraction of sp³-hybridized carbons (Fsp3) is 0.304. The topological polar surface area (TPSA) is 97.2 Å². The molecule has 0 unspecified atom stereocenters. The predicted octanol–water partition coefficient (Wildman–Crippen LogP) is 3.86. The minimum absolute atomic E-state index is 0.129. The number of aromatic nitrogens is 1. The normalized spacial score (nSPS) is 10.8. The van der Waals surface area contributed by atoms with Crippen LogP contribution in [0.15, 0.2) is 48.5 Å². The number of hydrogen-bond acceptors (Lipinski definition) is 4. The number of hydrogen-bond donors (Lipinski definition) is 3.